The van der Waals surface area contributed by atoms with E-state index in [0.29, 0.717) is 60.5 Å². The lowest BCUT2D eigenvalue weighted by atomic mass is 9.91. The number of hydrogen-bond donors (Lipinski definition) is 0. The third kappa shape index (κ3) is 4.90. The van der Waals surface area contributed by atoms with E-state index in [0.717, 1.165) is 11.3 Å². The first-order valence-corrected chi connectivity index (χ1v) is 13.7. The van der Waals surface area contributed by atoms with Gasteiger partial charge in [0, 0.05) is 29.8 Å². The molecule has 42 heavy (non-hydrogen) atoms. The van der Waals surface area contributed by atoms with E-state index in [9.17, 15) is 19.7 Å². The minimum absolute atomic E-state index is 0.0910. The van der Waals surface area contributed by atoms with Crippen LogP contribution >= 0.6 is 11.3 Å². The number of furan rings is 1. The van der Waals surface area contributed by atoms with Crippen LogP contribution in [0.2, 0.25) is 0 Å². The Hall–Kier alpha value is -4.97. The molecule has 216 valence electrons. The fourth-order valence-electron chi connectivity index (χ4n) is 4.99. The molecule has 4 aromatic rings. The van der Waals surface area contributed by atoms with Gasteiger partial charge >= 0.3 is 0 Å². The molecular weight excluding hydrogens is 562 g/mol. The Morgan fingerprint density at radius 1 is 1.12 bits per heavy atom. The number of Topliss-reactive ketones (excluding diaryl/α,β-unsaturated/α-hetero) is 1. The Morgan fingerprint density at radius 3 is 2.43 bits per heavy atom. The van der Waals surface area contributed by atoms with Gasteiger partial charge in [-0.3, -0.25) is 24.3 Å². The zero-order chi connectivity index (χ0) is 30.1. The smallest absolute Gasteiger partial charge is 0.280 e. The number of rotatable bonds is 9. The summed E-state index contributed by atoms with van der Waals surface area (Å²) in [5.74, 6) is 1.62. The molecule has 2 aromatic heterocycles. The van der Waals surface area contributed by atoms with Crippen molar-refractivity contribution in [1.82, 2.24) is 4.57 Å². The molecule has 0 spiro atoms. The molecule has 11 nitrogen and oxygen atoms in total. The average molecular weight is 590 g/mol. The zero-order valence-electron chi connectivity index (χ0n) is 23.5. The number of fused-ring (bicyclic) bond motifs is 1. The van der Waals surface area contributed by atoms with Gasteiger partial charge in [-0.25, -0.2) is 4.99 Å². The zero-order valence-corrected chi connectivity index (χ0v) is 24.3. The van der Waals surface area contributed by atoms with Crippen molar-refractivity contribution >= 4 is 28.9 Å². The Kier molecular flexibility index (Phi) is 7.81. The summed E-state index contributed by atoms with van der Waals surface area (Å²) >= 11 is 1.15. The first-order chi connectivity index (χ1) is 20.2. The third-order valence-corrected chi connectivity index (χ3v) is 7.90. The lowest BCUT2D eigenvalue weighted by Gasteiger charge is -2.26. The fraction of sp³-hybridized carbons (Fsp3) is 0.233. The lowest BCUT2D eigenvalue weighted by Crippen LogP contribution is -2.39. The van der Waals surface area contributed by atoms with Gasteiger partial charge in [-0.2, -0.15) is 0 Å². The summed E-state index contributed by atoms with van der Waals surface area (Å²) < 4.78 is 24.3. The predicted molar refractivity (Wildman–Crippen MR) is 156 cm³/mol. The van der Waals surface area contributed by atoms with Gasteiger partial charge in [-0.05, 0) is 42.8 Å². The van der Waals surface area contributed by atoms with Crippen LogP contribution in [0, 0.1) is 10.1 Å². The van der Waals surface area contributed by atoms with Crippen LogP contribution < -0.4 is 29.1 Å². The molecule has 1 aliphatic heterocycles. The summed E-state index contributed by atoms with van der Waals surface area (Å²) in [5.41, 5.74) is 1.33. The Bertz CT molecular complexity index is 1910. The van der Waals surface area contributed by atoms with Gasteiger partial charge in [-0.1, -0.05) is 30.4 Å². The molecule has 0 saturated heterocycles. The highest BCUT2D eigenvalue weighted by molar-refractivity contribution is 7.07. The van der Waals surface area contributed by atoms with Gasteiger partial charge in [0.05, 0.1) is 42.4 Å². The second-order valence-corrected chi connectivity index (χ2v) is 10.3. The molecule has 2 aromatic carbocycles. The predicted octanol–water partition coefficient (Wildman–Crippen LogP) is 4.41. The molecule has 1 aliphatic rings. The van der Waals surface area contributed by atoms with Crippen molar-refractivity contribution in [2.75, 3.05) is 21.3 Å². The Morgan fingerprint density at radius 2 is 1.81 bits per heavy atom. The molecule has 5 rings (SSSR count). The number of nitro groups is 1. The minimum Gasteiger partial charge on any atom is -0.493 e. The summed E-state index contributed by atoms with van der Waals surface area (Å²) in [6, 6.07) is 12.2. The van der Waals surface area contributed by atoms with Crippen LogP contribution in [0.25, 0.3) is 17.4 Å². The van der Waals surface area contributed by atoms with Crippen LogP contribution in [0.4, 0.5) is 5.69 Å². The molecule has 0 amide bonds. The van der Waals surface area contributed by atoms with Crippen molar-refractivity contribution in [2.24, 2.45) is 4.99 Å². The van der Waals surface area contributed by atoms with Crippen LogP contribution in [-0.4, -0.2) is 36.6 Å². The number of para-hydroxylation sites is 1. The van der Waals surface area contributed by atoms with Gasteiger partial charge in [0.15, 0.2) is 22.1 Å². The summed E-state index contributed by atoms with van der Waals surface area (Å²) in [7, 11) is 4.48. The van der Waals surface area contributed by atoms with Crippen LogP contribution in [0.1, 0.15) is 37.6 Å². The maximum atomic E-state index is 13.9. The molecule has 0 N–H and O–H groups in total. The van der Waals surface area contributed by atoms with Gasteiger partial charge in [-0.15, -0.1) is 0 Å². The van der Waals surface area contributed by atoms with E-state index < -0.39 is 11.0 Å². The van der Waals surface area contributed by atoms with Crippen molar-refractivity contribution in [3.05, 3.63) is 101 Å². The largest absolute Gasteiger partial charge is 0.493 e. The number of thiazole rings is 1. The highest BCUT2D eigenvalue weighted by Gasteiger charge is 2.33. The van der Waals surface area contributed by atoms with Gasteiger partial charge < -0.3 is 18.6 Å². The number of carbonyl (C=O) groups excluding carboxylic acids is 1. The molecule has 1 atom stereocenters. The average Bonchev–Trinajstić information content (AvgIpc) is 3.59. The van der Waals surface area contributed by atoms with Crippen LogP contribution in [-0.2, 0) is 4.79 Å². The topological polar surface area (TPSA) is 135 Å². The number of aromatic nitrogens is 1. The number of ketones is 1. The van der Waals surface area contributed by atoms with E-state index in [4.69, 9.17) is 18.6 Å². The number of benzene rings is 2. The maximum absolute atomic E-state index is 13.9. The number of ether oxygens (including phenoxy) is 3. The quantitative estimate of drug-likeness (QED) is 0.207. The van der Waals surface area contributed by atoms with E-state index >= 15 is 0 Å². The Balaban J connectivity index is 1.69. The highest BCUT2D eigenvalue weighted by atomic mass is 32.1. The number of nitrogens with zero attached hydrogens (tertiary/aromatic N) is 3. The van der Waals surface area contributed by atoms with Crippen LogP contribution in [0.5, 0.6) is 17.2 Å². The second kappa shape index (κ2) is 11.5. The molecule has 0 fully saturated rings. The summed E-state index contributed by atoms with van der Waals surface area (Å²) in [6.45, 7) is 3.50. The third-order valence-electron chi connectivity index (χ3n) is 6.91. The maximum Gasteiger partial charge on any atom is 0.280 e. The molecule has 0 radical (unpaired) electrons. The van der Waals surface area contributed by atoms with Crippen LogP contribution in [0.3, 0.4) is 0 Å². The standard InChI is InChI=1S/C30H27N3O8S/c1-6-21(34)26-16(2)31-30-32(27(26)17-13-23(38-3)28(40-5)24(14-17)39-4)29(35)25(42-30)15-18-11-12-22(41-18)19-9-7-8-10-20(19)33(36)37/h7-15,27H,6H2,1-5H3/b25-15-. The molecule has 0 saturated carbocycles. The normalized spacial score (nSPS) is 14.8. The van der Waals surface area contributed by atoms with E-state index in [1.807, 2.05) is 0 Å². The van der Waals surface area contributed by atoms with E-state index in [-0.39, 0.29) is 23.5 Å². The summed E-state index contributed by atoms with van der Waals surface area (Å²) in [4.78, 5) is 43.2. The van der Waals surface area contributed by atoms with Gasteiger partial charge in [0.25, 0.3) is 11.2 Å². The number of hydrogen-bond acceptors (Lipinski definition) is 10. The van der Waals surface area contributed by atoms with E-state index in [1.54, 1.807) is 62.4 Å². The monoisotopic (exact) mass is 589 g/mol. The minimum atomic E-state index is -0.802. The van der Waals surface area contributed by atoms with Crippen molar-refractivity contribution < 1.29 is 28.3 Å². The molecule has 1 unspecified atom stereocenters. The molecular formula is C30H27N3O8S. The summed E-state index contributed by atoms with van der Waals surface area (Å²) in [6.07, 6.45) is 1.78. The van der Waals surface area contributed by atoms with Crippen molar-refractivity contribution in [3.63, 3.8) is 0 Å². The summed E-state index contributed by atoms with van der Waals surface area (Å²) in [5, 5.41) is 11.5. The van der Waals surface area contributed by atoms with E-state index in [2.05, 4.69) is 4.99 Å². The number of methoxy groups -OCH3 is 3. The SMILES string of the molecule is CCC(=O)C1=C(C)N=c2s/c(=C\c3ccc(-c4ccccc4[N+](=O)[O-])o3)c(=O)n2C1c1cc(OC)c(OC)c(OC)c1. The van der Waals surface area contributed by atoms with Gasteiger partial charge in [0.1, 0.15) is 11.5 Å². The van der Waals surface area contributed by atoms with Gasteiger partial charge in [0.2, 0.25) is 5.75 Å². The number of nitro benzene ring substituents is 1. The first-order valence-electron chi connectivity index (χ1n) is 12.9. The molecule has 12 heteroatoms. The Labute approximate surface area is 243 Å². The molecule has 0 bridgehead atoms. The fourth-order valence-corrected chi connectivity index (χ4v) is 6.01. The number of carbonyl (C=O) groups is 1. The second-order valence-electron chi connectivity index (χ2n) is 9.29. The van der Waals surface area contributed by atoms with E-state index in [1.165, 1.54) is 32.0 Å². The molecule has 0 aliphatic carbocycles. The van der Waals surface area contributed by atoms with Crippen molar-refractivity contribution in [3.8, 4) is 28.6 Å². The number of allylic oxidation sites excluding steroid dienone is 2. The first kappa shape index (κ1) is 28.6. The highest BCUT2D eigenvalue weighted by Crippen LogP contribution is 2.42. The van der Waals surface area contributed by atoms with Crippen molar-refractivity contribution in [2.45, 2.75) is 26.3 Å². The lowest BCUT2D eigenvalue weighted by molar-refractivity contribution is -0.384. The molecule has 3 heterocycles. The van der Waals surface area contributed by atoms with Crippen molar-refractivity contribution in [1.29, 1.82) is 0 Å². The van der Waals surface area contributed by atoms with Crippen LogP contribution in [0.15, 0.2) is 74.0 Å².